The molecule has 1 atom stereocenters. The average molecular weight is 520 g/mol. The number of para-hydroxylation sites is 1. The summed E-state index contributed by atoms with van der Waals surface area (Å²) in [5.74, 6) is 1.78. The first-order chi connectivity index (χ1) is 14.3. The Morgan fingerprint density at radius 3 is 2.70 bits per heavy atom. The van der Waals surface area contributed by atoms with Crippen molar-refractivity contribution in [1.29, 1.82) is 0 Å². The summed E-state index contributed by atoms with van der Waals surface area (Å²) < 4.78 is 7.73. The van der Waals surface area contributed by atoms with E-state index in [1.807, 2.05) is 35.3 Å². The van der Waals surface area contributed by atoms with Gasteiger partial charge in [0.25, 0.3) is 0 Å². The van der Waals surface area contributed by atoms with Crippen LogP contribution in [0.2, 0.25) is 0 Å². The second-order valence-corrected chi connectivity index (χ2v) is 7.18. The fourth-order valence-electron chi connectivity index (χ4n) is 3.85. The van der Waals surface area contributed by atoms with Crippen LogP contribution in [-0.4, -0.2) is 47.1 Å². The molecule has 160 valence electrons. The fourth-order valence-corrected chi connectivity index (χ4v) is 3.85. The lowest BCUT2D eigenvalue weighted by atomic mass is 10.1. The summed E-state index contributed by atoms with van der Waals surface area (Å²) in [6.07, 6.45) is 9.80. The van der Waals surface area contributed by atoms with Gasteiger partial charge >= 0.3 is 0 Å². The number of furan rings is 1. The molecule has 30 heavy (non-hydrogen) atoms. The maximum atomic E-state index is 5.71. The minimum atomic E-state index is 0. The third-order valence-corrected chi connectivity index (χ3v) is 5.36. The van der Waals surface area contributed by atoms with E-state index in [0.29, 0.717) is 6.54 Å². The molecule has 3 heterocycles. The summed E-state index contributed by atoms with van der Waals surface area (Å²) in [5, 5.41) is 6.91. The molecule has 0 aliphatic carbocycles. The van der Waals surface area contributed by atoms with E-state index in [1.165, 1.54) is 18.4 Å². The third-order valence-electron chi connectivity index (χ3n) is 5.36. The average Bonchev–Trinajstić information content (AvgIpc) is 3.54. The van der Waals surface area contributed by atoms with Crippen LogP contribution in [0.15, 0.2) is 70.8 Å². The van der Waals surface area contributed by atoms with Gasteiger partial charge in [-0.2, -0.15) is 0 Å². The topological polar surface area (TPSA) is 70.6 Å². The number of aliphatic imine (C=N–C) groups is 1. The second kappa shape index (κ2) is 11.2. The van der Waals surface area contributed by atoms with Gasteiger partial charge in [-0.25, -0.2) is 4.98 Å². The molecule has 0 bridgehead atoms. The van der Waals surface area contributed by atoms with E-state index in [4.69, 9.17) is 4.42 Å². The largest absolute Gasteiger partial charge is 0.468 e. The SMILES string of the molecule is CN=C(NCc1ccccc1-n1ccnc1)NCC(c1ccco1)N1CCCC1.I. The van der Waals surface area contributed by atoms with Gasteiger partial charge in [0.2, 0.25) is 0 Å². The van der Waals surface area contributed by atoms with Crippen LogP contribution in [0.1, 0.15) is 30.2 Å². The predicted octanol–water partition coefficient (Wildman–Crippen LogP) is 3.59. The summed E-state index contributed by atoms with van der Waals surface area (Å²) >= 11 is 0. The van der Waals surface area contributed by atoms with Crippen molar-refractivity contribution in [2.24, 2.45) is 4.99 Å². The van der Waals surface area contributed by atoms with E-state index in [1.54, 1.807) is 19.5 Å². The highest BCUT2D eigenvalue weighted by Gasteiger charge is 2.25. The van der Waals surface area contributed by atoms with Crippen molar-refractivity contribution in [3.05, 3.63) is 72.7 Å². The molecule has 1 aliphatic heterocycles. The van der Waals surface area contributed by atoms with E-state index < -0.39 is 0 Å². The number of imidazole rings is 1. The van der Waals surface area contributed by atoms with E-state index in [0.717, 1.165) is 37.0 Å². The maximum absolute atomic E-state index is 5.71. The number of rotatable bonds is 7. The molecule has 1 aliphatic rings. The molecule has 2 aromatic heterocycles. The van der Waals surface area contributed by atoms with Crippen molar-refractivity contribution in [3.8, 4) is 5.69 Å². The Morgan fingerprint density at radius 2 is 2.00 bits per heavy atom. The first-order valence-corrected chi connectivity index (χ1v) is 10.1. The standard InChI is InChI=1S/C22H28N6O.HI/c1-23-22(25-15-18-7-2-3-8-19(18)28-13-10-24-17-28)26-16-20(21-9-6-14-29-21)27-11-4-5-12-27;/h2-3,6-10,13-14,17,20H,4-5,11-12,15-16H2,1H3,(H2,23,25,26);1H. The lowest BCUT2D eigenvalue weighted by Gasteiger charge is -2.26. The molecule has 0 spiro atoms. The van der Waals surface area contributed by atoms with E-state index >= 15 is 0 Å². The zero-order valence-corrected chi connectivity index (χ0v) is 19.5. The summed E-state index contributed by atoms with van der Waals surface area (Å²) in [5.41, 5.74) is 2.29. The molecule has 0 amide bonds. The van der Waals surface area contributed by atoms with Gasteiger partial charge < -0.3 is 19.6 Å². The van der Waals surface area contributed by atoms with Gasteiger partial charge in [-0.3, -0.25) is 9.89 Å². The number of aromatic nitrogens is 2. The Kier molecular flexibility index (Phi) is 8.32. The van der Waals surface area contributed by atoms with Crippen LogP contribution in [0, 0.1) is 0 Å². The highest BCUT2D eigenvalue weighted by molar-refractivity contribution is 14.0. The Hall–Kier alpha value is -2.33. The first-order valence-electron chi connectivity index (χ1n) is 10.1. The molecule has 7 nitrogen and oxygen atoms in total. The Bertz CT molecular complexity index is 904. The number of hydrogen-bond acceptors (Lipinski definition) is 4. The van der Waals surface area contributed by atoms with Gasteiger partial charge in [0.1, 0.15) is 5.76 Å². The number of halogens is 1. The second-order valence-electron chi connectivity index (χ2n) is 7.18. The third kappa shape index (κ3) is 5.42. The van der Waals surface area contributed by atoms with Crippen LogP contribution in [-0.2, 0) is 6.54 Å². The van der Waals surface area contributed by atoms with E-state index in [2.05, 4.69) is 43.7 Å². The molecule has 1 unspecified atom stereocenters. The molecule has 1 fully saturated rings. The van der Waals surface area contributed by atoms with E-state index in [9.17, 15) is 0 Å². The minimum absolute atomic E-state index is 0. The quantitative estimate of drug-likeness (QED) is 0.283. The molecule has 2 N–H and O–H groups in total. The van der Waals surface area contributed by atoms with Crippen LogP contribution >= 0.6 is 24.0 Å². The number of nitrogens with one attached hydrogen (secondary N) is 2. The summed E-state index contributed by atoms with van der Waals surface area (Å²) in [7, 11) is 1.80. The summed E-state index contributed by atoms with van der Waals surface area (Å²) in [6, 6.07) is 12.5. The summed E-state index contributed by atoms with van der Waals surface area (Å²) in [4.78, 5) is 11.0. The highest BCUT2D eigenvalue weighted by atomic mass is 127. The molecule has 8 heteroatoms. The minimum Gasteiger partial charge on any atom is -0.468 e. The molecular weight excluding hydrogens is 491 g/mol. The highest BCUT2D eigenvalue weighted by Crippen LogP contribution is 2.24. The molecule has 1 saturated heterocycles. The first kappa shape index (κ1) is 22.4. The smallest absolute Gasteiger partial charge is 0.191 e. The lowest BCUT2D eigenvalue weighted by Crippen LogP contribution is -2.42. The fraction of sp³-hybridized carbons (Fsp3) is 0.364. The van der Waals surface area contributed by atoms with Crippen molar-refractivity contribution < 1.29 is 4.42 Å². The molecule has 3 aromatic rings. The Balaban J connectivity index is 0.00000256. The monoisotopic (exact) mass is 520 g/mol. The number of nitrogens with zero attached hydrogens (tertiary/aromatic N) is 4. The molecule has 0 saturated carbocycles. The number of hydrogen-bond donors (Lipinski definition) is 2. The van der Waals surface area contributed by atoms with Crippen LogP contribution in [0.25, 0.3) is 5.69 Å². The van der Waals surface area contributed by atoms with Gasteiger partial charge in [0, 0.05) is 32.5 Å². The Morgan fingerprint density at radius 1 is 1.17 bits per heavy atom. The van der Waals surface area contributed by atoms with Gasteiger partial charge in [0.15, 0.2) is 5.96 Å². The van der Waals surface area contributed by atoms with Crippen LogP contribution < -0.4 is 10.6 Å². The van der Waals surface area contributed by atoms with Gasteiger partial charge in [-0.15, -0.1) is 24.0 Å². The number of guanidine groups is 1. The Labute approximate surface area is 194 Å². The van der Waals surface area contributed by atoms with Gasteiger partial charge in [-0.1, -0.05) is 18.2 Å². The van der Waals surface area contributed by atoms with Crippen LogP contribution in [0.5, 0.6) is 0 Å². The predicted molar refractivity (Wildman–Crippen MR) is 129 cm³/mol. The van der Waals surface area contributed by atoms with Crippen molar-refractivity contribution in [2.45, 2.75) is 25.4 Å². The number of likely N-dealkylation sites (tertiary alicyclic amines) is 1. The molecule has 1 aromatic carbocycles. The molecule has 0 radical (unpaired) electrons. The van der Waals surface area contributed by atoms with Crippen molar-refractivity contribution in [1.82, 2.24) is 25.1 Å². The van der Waals surface area contributed by atoms with Crippen LogP contribution in [0.4, 0.5) is 0 Å². The van der Waals surface area contributed by atoms with Crippen molar-refractivity contribution in [3.63, 3.8) is 0 Å². The van der Waals surface area contributed by atoms with Crippen LogP contribution in [0.3, 0.4) is 0 Å². The molecule has 4 rings (SSSR count). The maximum Gasteiger partial charge on any atom is 0.191 e. The van der Waals surface area contributed by atoms with Crippen molar-refractivity contribution >= 4 is 29.9 Å². The summed E-state index contributed by atoms with van der Waals surface area (Å²) in [6.45, 7) is 3.63. The lowest BCUT2D eigenvalue weighted by molar-refractivity contribution is 0.215. The zero-order valence-electron chi connectivity index (χ0n) is 17.2. The van der Waals surface area contributed by atoms with Gasteiger partial charge in [0.05, 0.1) is 24.3 Å². The van der Waals surface area contributed by atoms with Gasteiger partial charge in [-0.05, 0) is 49.7 Å². The molecular formula is C22H29IN6O. The normalized spacial score (nSPS) is 15.6. The zero-order chi connectivity index (χ0) is 19.9. The van der Waals surface area contributed by atoms with E-state index in [-0.39, 0.29) is 30.0 Å². The number of benzene rings is 1. The van der Waals surface area contributed by atoms with Crippen molar-refractivity contribution in [2.75, 3.05) is 26.7 Å².